The molecule has 0 fully saturated rings. The van der Waals surface area contributed by atoms with E-state index in [4.69, 9.17) is 11.6 Å². The van der Waals surface area contributed by atoms with E-state index in [2.05, 4.69) is 10.0 Å². The summed E-state index contributed by atoms with van der Waals surface area (Å²) in [6.07, 6.45) is 0. The van der Waals surface area contributed by atoms with Crippen LogP contribution in [0.25, 0.3) is 0 Å². The van der Waals surface area contributed by atoms with Crippen LogP contribution in [0.15, 0.2) is 41.3 Å². The first-order valence-corrected chi connectivity index (χ1v) is 10.2. The van der Waals surface area contributed by atoms with Crippen LogP contribution in [0.2, 0.25) is 5.02 Å². The monoisotopic (exact) mass is 512 g/mol. The van der Waals surface area contributed by atoms with Gasteiger partial charge in [0.25, 0.3) is 15.9 Å². The fourth-order valence-corrected chi connectivity index (χ4v) is 3.65. The number of carbonyl (C=O) groups excluding carboxylic acids is 1. The Labute approximate surface area is 168 Å². The highest BCUT2D eigenvalue weighted by atomic mass is 127. The van der Waals surface area contributed by atoms with Crippen LogP contribution in [-0.2, 0) is 14.8 Å². The molecule has 2 aromatic rings. The lowest BCUT2D eigenvalue weighted by atomic mass is 10.1. The molecule has 0 aliphatic carbocycles. The van der Waals surface area contributed by atoms with Gasteiger partial charge in [-0.1, -0.05) is 11.6 Å². The van der Waals surface area contributed by atoms with Gasteiger partial charge in [-0.25, -0.2) is 12.8 Å². The molecule has 26 heavy (non-hydrogen) atoms. The first kappa shape index (κ1) is 20.9. The molecule has 0 aliphatic heterocycles. The van der Waals surface area contributed by atoms with Crippen LogP contribution in [0.1, 0.15) is 13.8 Å². The lowest BCUT2D eigenvalue weighted by Crippen LogP contribution is -2.36. The van der Waals surface area contributed by atoms with Gasteiger partial charge in [0.05, 0.1) is 21.3 Å². The molecule has 2 aromatic carbocycles. The summed E-state index contributed by atoms with van der Waals surface area (Å²) in [6.45, 7) is 2.60. The second kappa shape index (κ2) is 7.67. The average Bonchev–Trinajstić information content (AvgIpc) is 2.51. The van der Waals surface area contributed by atoms with Gasteiger partial charge in [-0.05, 0) is 72.8 Å². The van der Waals surface area contributed by atoms with Gasteiger partial charge in [0.15, 0.2) is 0 Å². The van der Waals surface area contributed by atoms with Crippen molar-refractivity contribution in [3.63, 3.8) is 0 Å². The van der Waals surface area contributed by atoms with E-state index in [-0.39, 0.29) is 21.3 Å². The summed E-state index contributed by atoms with van der Waals surface area (Å²) in [4.78, 5) is 11.6. The molecule has 0 radical (unpaired) electrons. The highest BCUT2D eigenvalue weighted by molar-refractivity contribution is 14.1. The van der Waals surface area contributed by atoms with Crippen LogP contribution in [0.4, 0.5) is 15.8 Å². The maximum absolute atomic E-state index is 13.9. The minimum atomic E-state index is -4.08. The number of hydrogen-bond acceptors (Lipinski definition) is 4. The highest BCUT2D eigenvalue weighted by Gasteiger charge is 2.25. The molecule has 0 aliphatic rings. The standard InChI is InChI=1S/C16H15ClFIN2O4S/c1-16(2,23)15(22)20-13-6-4-10(8-11(13)17)26(24,25)21-14-5-3-9(19)7-12(14)18/h3-8,21,23H,1-2H3,(H,20,22). The number of amides is 1. The maximum atomic E-state index is 13.9. The molecule has 0 bridgehead atoms. The molecule has 0 spiro atoms. The van der Waals surface area contributed by atoms with E-state index in [0.29, 0.717) is 3.57 Å². The predicted octanol–water partition coefficient (Wildman–Crippen LogP) is 3.59. The van der Waals surface area contributed by atoms with Crippen molar-refractivity contribution in [2.45, 2.75) is 24.3 Å². The zero-order valence-electron chi connectivity index (χ0n) is 13.7. The number of rotatable bonds is 5. The Morgan fingerprint density at radius 1 is 1.19 bits per heavy atom. The Bertz CT molecular complexity index is 961. The van der Waals surface area contributed by atoms with Gasteiger partial charge >= 0.3 is 0 Å². The highest BCUT2D eigenvalue weighted by Crippen LogP contribution is 2.28. The minimum Gasteiger partial charge on any atom is -0.381 e. The molecule has 10 heteroatoms. The normalized spacial score (nSPS) is 11.9. The van der Waals surface area contributed by atoms with Gasteiger partial charge in [0.1, 0.15) is 11.4 Å². The lowest BCUT2D eigenvalue weighted by molar-refractivity contribution is -0.130. The van der Waals surface area contributed by atoms with E-state index in [1.165, 1.54) is 38.1 Å². The number of sulfonamides is 1. The van der Waals surface area contributed by atoms with Crippen LogP contribution in [-0.4, -0.2) is 25.0 Å². The molecule has 0 atom stereocenters. The fourth-order valence-electron chi connectivity index (χ4n) is 1.82. The number of aliphatic hydroxyl groups is 1. The second-order valence-electron chi connectivity index (χ2n) is 5.88. The van der Waals surface area contributed by atoms with Crippen LogP contribution < -0.4 is 10.0 Å². The quantitative estimate of drug-likeness (QED) is 0.534. The maximum Gasteiger partial charge on any atom is 0.262 e. The Hall–Kier alpha value is -1.43. The Kier molecular flexibility index (Phi) is 6.16. The van der Waals surface area contributed by atoms with Gasteiger partial charge in [0, 0.05) is 3.57 Å². The van der Waals surface area contributed by atoms with E-state index in [0.717, 1.165) is 6.07 Å². The summed E-state index contributed by atoms with van der Waals surface area (Å²) in [5.74, 6) is -1.41. The molecular formula is C16H15ClFIN2O4S. The number of hydrogen-bond donors (Lipinski definition) is 3. The molecule has 0 saturated carbocycles. The largest absolute Gasteiger partial charge is 0.381 e. The summed E-state index contributed by atoms with van der Waals surface area (Å²) in [6, 6.07) is 7.68. The van der Waals surface area contributed by atoms with E-state index < -0.39 is 27.3 Å². The summed E-state index contributed by atoms with van der Waals surface area (Å²) >= 11 is 7.93. The molecule has 140 valence electrons. The number of anilines is 2. The molecule has 6 nitrogen and oxygen atoms in total. The van der Waals surface area contributed by atoms with E-state index >= 15 is 0 Å². The SMILES string of the molecule is CC(C)(O)C(=O)Nc1ccc(S(=O)(=O)Nc2ccc(I)cc2F)cc1Cl. The van der Waals surface area contributed by atoms with E-state index in [9.17, 15) is 22.7 Å². The Balaban J connectivity index is 2.28. The van der Waals surface area contributed by atoms with Crippen molar-refractivity contribution >= 4 is 61.5 Å². The second-order valence-corrected chi connectivity index (χ2v) is 9.22. The first-order valence-electron chi connectivity index (χ1n) is 7.21. The van der Waals surface area contributed by atoms with Crippen molar-refractivity contribution in [3.05, 3.63) is 50.8 Å². The molecule has 3 N–H and O–H groups in total. The first-order chi connectivity index (χ1) is 11.9. The zero-order chi connectivity index (χ0) is 19.7. The van der Waals surface area contributed by atoms with Crippen molar-refractivity contribution in [1.29, 1.82) is 0 Å². The van der Waals surface area contributed by atoms with Crippen molar-refractivity contribution in [2.75, 3.05) is 10.0 Å². The Morgan fingerprint density at radius 3 is 2.35 bits per heavy atom. The molecule has 0 aromatic heterocycles. The number of carbonyl (C=O) groups is 1. The average molecular weight is 513 g/mol. The van der Waals surface area contributed by atoms with Crippen LogP contribution in [0.5, 0.6) is 0 Å². The topological polar surface area (TPSA) is 95.5 Å². The molecule has 0 heterocycles. The summed E-state index contributed by atoms with van der Waals surface area (Å²) in [5.41, 5.74) is -1.68. The summed E-state index contributed by atoms with van der Waals surface area (Å²) in [7, 11) is -4.08. The number of nitrogens with one attached hydrogen (secondary N) is 2. The van der Waals surface area contributed by atoms with Crippen LogP contribution in [0, 0.1) is 9.39 Å². The summed E-state index contributed by atoms with van der Waals surface area (Å²) in [5, 5.41) is 12.0. The number of halogens is 3. The third-order valence-corrected chi connectivity index (χ3v) is 5.58. The van der Waals surface area contributed by atoms with Gasteiger partial charge in [-0.15, -0.1) is 0 Å². The molecule has 0 unspecified atom stereocenters. The fraction of sp³-hybridized carbons (Fsp3) is 0.188. The van der Waals surface area contributed by atoms with Crippen LogP contribution in [0.3, 0.4) is 0 Å². The lowest BCUT2D eigenvalue weighted by Gasteiger charge is -2.17. The van der Waals surface area contributed by atoms with Crippen molar-refractivity contribution in [1.82, 2.24) is 0 Å². The third kappa shape index (κ3) is 5.06. The van der Waals surface area contributed by atoms with E-state index in [1.807, 2.05) is 22.6 Å². The Morgan fingerprint density at radius 2 is 1.81 bits per heavy atom. The van der Waals surface area contributed by atoms with Crippen LogP contribution >= 0.6 is 34.2 Å². The zero-order valence-corrected chi connectivity index (χ0v) is 17.4. The van der Waals surface area contributed by atoms with Crippen molar-refractivity contribution < 1.29 is 22.7 Å². The minimum absolute atomic E-state index is 0.0476. The van der Waals surface area contributed by atoms with Gasteiger partial charge < -0.3 is 10.4 Å². The van der Waals surface area contributed by atoms with Crippen molar-refractivity contribution in [2.24, 2.45) is 0 Å². The van der Waals surface area contributed by atoms with Gasteiger partial charge in [-0.3, -0.25) is 9.52 Å². The van der Waals surface area contributed by atoms with Crippen molar-refractivity contribution in [3.8, 4) is 0 Å². The third-order valence-electron chi connectivity index (χ3n) is 3.23. The summed E-state index contributed by atoms with van der Waals surface area (Å²) < 4.78 is 41.5. The molecule has 0 saturated heterocycles. The molecular weight excluding hydrogens is 498 g/mol. The number of benzene rings is 2. The smallest absolute Gasteiger partial charge is 0.262 e. The van der Waals surface area contributed by atoms with Gasteiger partial charge in [-0.2, -0.15) is 0 Å². The molecule has 2 rings (SSSR count). The van der Waals surface area contributed by atoms with Gasteiger partial charge in [0.2, 0.25) is 0 Å². The van der Waals surface area contributed by atoms with E-state index in [1.54, 1.807) is 6.07 Å². The molecule has 1 amide bonds. The predicted molar refractivity (Wildman–Crippen MR) is 106 cm³/mol.